The molecular weight excluding hydrogens is 640 g/mol. The number of non-ortho nitro benzene ring substituents is 2. The molecular formula is C29H34N6O11S. The Kier molecular flexibility index (Phi) is 12.4. The van der Waals surface area contributed by atoms with E-state index in [2.05, 4.69) is 23.3 Å². The second kappa shape index (κ2) is 16.7. The molecule has 2 aliphatic rings. The molecule has 252 valence electrons. The van der Waals surface area contributed by atoms with Gasteiger partial charge in [0.2, 0.25) is 5.91 Å². The zero-order chi connectivity index (χ0) is 33.9. The molecule has 47 heavy (non-hydrogen) atoms. The molecule has 2 fully saturated rings. The molecule has 0 saturated carbocycles. The van der Waals surface area contributed by atoms with Gasteiger partial charge in [-0.2, -0.15) is 12.6 Å². The molecule has 2 aromatic rings. The van der Waals surface area contributed by atoms with Crippen LogP contribution in [0.5, 0.6) is 0 Å². The summed E-state index contributed by atoms with van der Waals surface area (Å²) in [4.78, 5) is 74.9. The number of likely N-dealkylation sites (tertiary alicyclic amines) is 1. The van der Waals surface area contributed by atoms with E-state index in [4.69, 9.17) is 14.2 Å². The van der Waals surface area contributed by atoms with E-state index in [-0.39, 0.29) is 81.4 Å². The average Bonchev–Trinajstić information content (AvgIpc) is 3.47. The maximum absolute atomic E-state index is 13.7. The predicted octanol–water partition coefficient (Wildman–Crippen LogP) is 1.82. The van der Waals surface area contributed by atoms with Crippen LogP contribution in [0.1, 0.15) is 17.5 Å². The predicted molar refractivity (Wildman–Crippen MR) is 167 cm³/mol. The number of Topliss-reactive ketones (excluding diaryl/α,β-unsaturated/α-hetero) is 1. The van der Waals surface area contributed by atoms with Crippen LogP contribution in [0.3, 0.4) is 0 Å². The third-order valence-electron chi connectivity index (χ3n) is 7.48. The Balaban J connectivity index is 1.22. The number of thiol groups is 1. The van der Waals surface area contributed by atoms with E-state index in [1.165, 1.54) is 58.3 Å². The first-order chi connectivity index (χ1) is 22.5. The van der Waals surface area contributed by atoms with Crippen molar-refractivity contribution < 1.29 is 43.2 Å². The smallest absolute Gasteiger partial charge is 0.410 e. The molecule has 0 aromatic heterocycles. The Bertz CT molecular complexity index is 1460. The molecule has 2 saturated heterocycles. The molecule has 4 rings (SSSR count). The number of benzene rings is 2. The quantitative estimate of drug-likeness (QED) is 0.120. The Labute approximate surface area is 274 Å². The van der Waals surface area contributed by atoms with Crippen LogP contribution in [0.2, 0.25) is 0 Å². The summed E-state index contributed by atoms with van der Waals surface area (Å²) in [5.74, 6) is -0.773. The average molecular weight is 675 g/mol. The number of carbonyl (C=O) groups excluding carboxylic acids is 4. The number of ether oxygens (including phenoxy) is 3. The fourth-order valence-electron chi connectivity index (χ4n) is 5.05. The van der Waals surface area contributed by atoms with Gasteiger partial charge in [0.1, 0.15) is 31.9 Å². The van der Waals surface area contributed by atoms with E-state index in [9.17, 15) is 39.4 Å². The summed E-state index contributed by atoms with van der Waals surface area (Å²) in [6.07, 6.45) is -1.21. The van der Waals surface area contributed by atoms with Crippen molar-refractivity contribution in [3.05, 3.63) is 79.9 Å². The molecule has 17 nitrogen and oxygen atoms in total. The molecule has 0 radical (unpaired) electrons. The first-order valence-corrected chi connectivity index (χ1v) is 15.2. The molecule has 2 aliphatic heterocycles. The van der Waals surface area contributed by atoms with Crippen LogP contribution in [-0.2, 0) is 37.0 Å². The zero-order valence-corrected chi connectivity index (χ0v) is 26.0. The maximum Gasteiger partial charge on any atom is 0.410 e. The monoisotopic (exact) mass is 674 g/mol. The number of nitro benzene ring substituents is 2. The minimum absolute atomic E-state index is 0.00912. The number of rotatable bonds is 13. The highest BCUT2D eigenvalue weighted by Crippen LogP contribution is 2.26. The lowest BCUT2D eigenvalue weighted by atomic mass is 10.1. The number of nitrogens with one attached hydrogen (secondary N) is 2. The Morgan fingerprint density at radius 3 is 2.09 bits per heavy atom. The molecule has 2 N–H and O–H groups in total. The number of amides is 3. The van der Waals surface area contributed by atoms with Crippen LogP contribution in [0.4, 0.5) is 21.0 Å². The lowest BCUT2D eigenvalue weighted by molar-refractivity contribution is -0.385. The summed E-state index contributed by atoms with van der Waals surface area (Å²) in [6.45, 7) is 0.510. The van der Waals surface area contributed by atoms with E-state index >= 15 is 0 Å². The third kappa shape index (κ3) is 9.84. The van der Waals surface area contributed by atoms with Crippen LogP contribution >= 0.6 is 12.6 Å². The highest BCUT2D eigenvalue weighted by Gasteiger charge is 2.44. The van der Waals surface area contributed by atoms with Crippen LogP contribution in [-0.4, -0.2) is 107 Å². The van der Waals surface area contributed by atoms with Gasteiger partial charge >= 0.3 is 12.2 Å². The summed E-state index contributed by atoms with van der Waals surface area (Å²) < 4.78 is 15.9. The van der Waals surface area contributed by atoms with Gasteiger partial charge < -0.3 is 29.7 Å². The van der Waals surface area contributed by atoms with Crippen molar-refractivity contribution in [1.82, 2.24) is 20.4 Å². The molecule has 2 aromatic carbocycles. The van der Waals surface area contributed by atoms with Gasteiger partial charge in [0.15, 0.2) is 5.78 Å². The van der Waals surface area contributed by atoms with Crippen LogP contribution in [0.25, 0.3) is 0 Å². The molecule has 0 aliphatic carbocycles. The Hall–Kier alpha value is -4.81. The van der Waals surface area contributed by atoms with Gasteiger partial charge in [-0.25, -0.2) is 9.59 Å². The van der Waals surface area contributed by atoms with Crippen molar-refractivity contribution in [3.8, 4) is 0 Å². The van der Waals surface area contributed by atoms with Crippen molar-refractivity contribution in [2.75, 3.05) is 45.9 Å². The second-order valence-electron chi connectivity index (χ2n) is 10.7. The van der Waals surface area contributed by atoms with Gasteiger partial charge in [-0.05, 0) is 41.8 Å². The number of hydrogen-bond donors (Lipinski definition) is 3. The molecule has 0 spiro atoms. The number of nitro groups is 2. The molecule has 18 heteroatoms. The topological polar surface area (TPSA) is 213 Å². The minimum atomic E-state index is -0.891. The summed E-state index contributed by atoms with van der Waals surface area (Å²) >= 11 is 4.47. The first kappa shape index (κ1) is 35.1. The fourth-order valence-corrected chi connectivity index (χ4v) is 5.42. The van der Waals surface area contributed by atoms with Gasteiger partial charge in [0, 0.05) is 62.2 Å². The molecule has 3 atom stereocenters. The minimum Gasteiger partial charge on any atom is -0.445 e. The van der Waals surface area contributed by atoms with E-state index in [0.717, 1.165) is 0 Å². The highest BCUT2D eigenvalue weighted by molar-refractivity contribution is 7.81. The first-order valence-electron chi connectivity index (χ1n) is 14.6. The van der Waals surface area contributed by atoms with E-state index in [1.54, 1.807) is 0 Å². The second-order valence-corrected chi connectivity index (χ2v) is 11.5. The van der Waals surface area contributed by atoms with Crippen molar-refractivity contribution in [1.29, 1.82) is 0 Å². The van der Waals surface area contributed by atoms with Gasteiger partial charge in [-0.3, -0.25) is 34.7 Å². The largest absolute Gasteiger partial charge is 0.445 e. The number of piperazine rings is 1. The van der Waals surface area contributed by atoms with E-state index < -0.39 is 40.0 Å². The number of carbonyl (C=O) groups is 4. The van der Waals surface area contributed by atoms with Crippen molar-refractivity contribution in [2.24, 2.45) is 0 Å². The van der Waals surface area contributed by atoms with Crippen LogP contribution in [0.15, 0.2) is 48.5 Å². The lowest BCUT2D eigenvalue weighted by Crippen LogP contribution is -2.61. The van der Waals surface area contributed by atoms with Gasteiger partial charge in [-0.1, -0.05) is 0 Å². The Morgan fingerprint density at radius 2 is 1.49 bits per heavy atom. The summed E-state index contributed by atoms with van der Waals surface area (Å²) in [5, 5.41) is 26.9. The SMILES string of the molecule is O=C(NCCOCC(=O)C1CNCCN1C(=O)[C@@H]1C[C@H](S)CN1C(=O)OCc1ccc([N+](=O)[O-])cc1)OCc1ccc([N+](=O)[O-])cc1. The fraction of sp³-hybridized carbons (Fsp3) is 0.448. The van der Waals surface area contributed by atoms with Crippen LogP contribution in [0, 0.1) is 20.2 Å². The Morgan fingerprint density at radius 1 is 0.894 bits per heavy atom. The number of hydrogen-bond acceptors (Lipinski definition) is 13. The third-order valence-corrected chi connectivity index (χ3v) is 7.86. The number of alkyl carbamates (subject to hydrolysis) is 1. The molecule has 0 bridgehead atoms. The van der Waals surface area contributed by atoms with Crippen molar-refractivity contribution >= 4 is 47.9 Å². The maximum atomic E-state index is 13.7. The molecule has 1 unspecified atom stereocenters. The van der Waals surface area contributed by atoms with Crippen LogP contribution < -0.4 is 10.6 Å². The van der Waals surface area contributed by atoms with Crippen molar-refractivity contribution in [3.63, 3.8) is 0 Å². The highest BCUT2D eigenvalue weighted by atomic mass is 32.1. The van der Waals surface area contributed by atoms with Gasteiger partial charge in [0.05, 0.1) is 16.5 Å². The number of nitrogens with zero attached hydrogens (tertiary/aromatic N) is 4. The molecule has 3 amide bonds. The van der Waals surface area contributed by atoms with E-state index in [1.807, 2.05) is 0 Å². The lowest BCUT2D eigenvalue weighted by Gasteiger charge is -2.38. The standard InChI is InChI=1S/C29H34N6O11S/c36-26(18-44-12-10-31-28(38)45-16-19-1-5-21(6-2-19)34(40)41)25-14-30-9-11-32(25)27(37)24-13-23(47)15-33(24)29(39)46-17-20-3-7-22(8-4-20)35(42)43/h1-8,23-25,30,47H,9-18H2,(H,31,38)/t23-,24-,25?/m0/s1. The zero-order valence-electron chi connectivity index (χ0n) is 25.1. The summed E-state index contributed by atoms with van der Waals surface area (Å²) in [6, 6.07) is 9.39. The number of ketones is 1. The molecule has 2 heterocycles. The van der Waals surface area contributed by atoms with Gasteiger partial charge in [-0.15, -0.1) is 0 Å². The normalized spacial score (nSPS) is 19.1. The summed E-state index contributed by atoms with van der Waals surface area (Å²) in [7, 11) is 0. The van der Waals surface area contributed by atoms with Gasteiger partial charge in [0.25, 0.3) is 11.4 Å². The van der Waals surface area contributed by atoms with E-state index in [0.29, 0.717) is 17.7 Å². The van der Waals surface area contributed by atoms with Crippen molar-refractivity contribution in [2.45, 2.75) is 37.0 Å². The summed E-state index contributed by atoms with van der Waals surface area (Å²) in [5.41, 5.74) is 0.934.